The Morgan fingerprint density at radius 2 is 2.00 bits per heavy atom. The molecule has 1 aromatic rings. The van der Waals surface area contributed by atoms with Crippen LogP contribution in [0.1, 0.15) is 48.7 Å². The lowest BCUT2D eigenvalue weighted by atomic mass is 10.1. The van der Waals surface area contributed by atoms with E-state index < -0.39 is 0 Å². The van der Waals surface area contributed by atoms with E-state index in [-0.39, 0.29) is 0 Å². The topological polar surface area (TPSA) is 37.8 Å². The third-order valence-corrected chi connectivity index (χ3v) is 4.28. The van der Waals surface area contributed by atoms with Crippen LogP contribution in [0, 0.1) is 0 Å². The molecule has 1 aliphatic carbocycles. The van der Waals surface area contributed by atoms with Crippen molar-refractivity contribution in [2.24, 2.45) is 0 Å². The van der Waals surface area contributed by atoms with Crippen LogP contribution < -0.4 is 5.32 Å². The molecule has 16 heavy (non-hydrogen) atoms. The van der Waals surface area contributed by atoms with E-state index in [1.165, 1.54) is 36.9 Å². The lowest BCUT2D eigenvalue weighted by molar-refractivity contribution is 0.595. The molecule has 1 aliphatic heterocycles. The third-order valence-electron chi connectivity index (χ3n) is 3.62. The number of aromatic nitrogens is 2. The maximum absolute atomic E-state index is 4.78. The van der Waals surface area contributed by atoms with Gasteiger partial charge in [-0.3, -0.25) is 0 Å². The highest BCUT2D eigenvalue weighted by Crippen LogP contribution is 2.33. The lowest BCUT2D eigenvalue weighted by Crippen LogP contribution is -2.26. The number of fused-ring (bicyclic) bond motifs is 1. The van der Waals surface area contributed by atoms with Gasteiger partial charge in [-0.15, -0.1) is 0 Å². The molecule has 3 rings (SSSR count). The Labute approximate surface area is 104 Å². The molecule has 0 saturated heterocycles. The number of nitrogens with zero attached hydrogens (tertiary/aromatic N) is 2. The van der Waals surface area contributed by atoms with E-state index in [1.54, 1.807) is 0 Å². The van der Waals surface area contributed by atoms with Crippen molar-refractivity contribution in [1.82, 2.24) is 15.3 Å². The van der Waals surface area contributed by atoms with E-state index >= 15 is 0 Å². The molecule has 0 atom stereocenters. The van der Waals surface area contributed by atoms with Crippen LogP contribution in [0.25, 0.3) is 0 Å². The Morgan fingerprint density at radius 1 is 1.19 bits per heavy atom. The fraction of sp³-hybridized carbons (Fsp3) is 0.667. The molecule has 4 heteroatoms. The van der Waals surface area contributed by atoms with Gasteiger partial charge in [0.05, 0.1) is 5.69 Å². The molecule has 86 valence electrons. The highest BCUT2D eigenvalue weighted by molar-refractivity contribution is 9.10. The second-order valence-corrected chi connectivity index (χ2v) is 5.46. The number of hydrogen-bond acceptors (Lipinski definition) is 3. The Kier molecular flexibility index (Phi) is 2.94. The molecule has 0 aromatic carbocycles. The van der Waals surface area contributed by atoms with E-state index in [2.05, 4.69) is 26.2 Å². The first-order chi connectivity index (χ1) is 7.84. The van der Waals surface area contributed by atoms with Crippen LogP contribution in [0.3, 0.4) is 0 Å². The van der Waals surface area contributed by atoms with Crippen molar-refractivity contribution >= 4 is 15.9 Å². The van der Waals surface area contributed by atoms with Crippen LogP contribution in [0.5, 0.6) is 0 Å². The number of hydrogen-bond donors (Lipinski definition) is 1. The van der Waals surface area contributed by atoms with E-state index in [9.17, 15) is 0 Å². The second kappa shape index (κ2) is 4.41. The van der Waals surface area contributed by atoms with E-state index in [0.717, 1.165) is 29.9 Å². The van der Waals surface area contributed by atoms with Crippen LogP contribution in [0.4, 0.5) is 0 Å². The van der Waals surface area contributed by atoms with Crippen LogP contribution in [0.2, 0.25) is 0 Å². The van der Waals surface area contributed by atoms with Gasteiger partial charge in [-0.1, -0.05) is 12.8 Å². The molecule has 3 nitrogen and oxygen atoms in total. The van der Waals surface area contributed by atoms with Crippen molar-refractivity contribution in [2.45, 2.75) is 44.6 Å². The zero-order chi connectivity index (χ0) is 11.0. The molecule has 1 N–H and O–H groups in total. The third kappa shape index (κ3) is 1.89. The Hall–Kier alpha value is -0.480. The summed E-state index contributed by atoms with van der Waals surface area (Å²) >= 11 is 3.59. The predicted octanol–water partition coefficient (Wildman–Crippen LogP) is 2.54. The fourth-order valence-electron chi connectivity index (χ4n) is 2.69. The zero-order valence-corrected chi connectivity index (χ0v) is 10.9. The Bertz CT molecular complexity index is 399. The highest BCUT2D eigenvalue weighted by atomic mass is 79.9. The smallest absolute Gasteiger partial charge is 0.133 e. The molecule has 0 amide bonds. The van der Waals surface area contributed by atoms with Gasteiger partial charge < -0.3 is 5.32 Å². The van der Waals surface area contributed by atoms with Gasteiger partial charge in [-0.2, -0.15) is 0 Å². The molecule has 2 heterocycles. The van der Waals surface area contributed by atoms with Gasteiger partial charge in [0, 0.05) is 31.0 Å². The molecule has 0 bridgehead atoms. The quantitative estimate of drug-likeness (QED) is 0.804. The second-order valence-electron chi connectivity index (χ2n) is 4.71. The molecule has 2 aliphatic rings. The van der Waals surface area contributed by atoms with Crippen LogP contribution >= 0.6 is 15.9 Å². The van der Waals surface area contributed by atoms with Gasteiger partial charge in [-0.05, 0) is 28.8 Å². The van der Waals surface area contributed by atoms with Crippen LogP contribution in [0.15, 0.2) is 4.60 Å². The van der Waals surface area contributed by atoms with Gasteiger partial charge >= 0.3 is 0 Å². The molecule has 1 saturated carbocycles. The fourth-order valence-corrected chi connectivity index (χ4v) is 3.24. The molecular weight excluding hydrogens is 266 g/mol. The first kappa shape index (κ1) is 10.7. The van der Waals surface area contributed by atoms with Gasteiger partial charge in [0.2, 0.25) is 0 Å². The monoisotopic (exact) mass is 281 g/mol. The van der Waals surface area contributed by atoms with Crippen LogP contribution in [-0.4, -0.2) is 16.5 Å². The minimum atomic E-state index is 0.608. The van der Waals surface area contributed by atoms with Crippen molar-refractivity contribution in [3.8, 4) is 0 Å². The van der Waals surface area contributed by atoms with Crippen molar-refractivity contribution in [3.63, 3.8) is 0 Å². The molecule has 1 fully saturated rings. The van der Waals surface area contributed by atoms with E-state index in [0.29, 0.717) is 5.92 Å². The summed E-state index contributed by atoms with van der Waals surface area (Å²) < 4.78 is 1.01. The van der Waals surface area contributed by atoms with E-state index in [4.69, 9.17) is 4.98 Å². The normalized spacial score (nSPS) is 21.1. The summed E-state index contributed by atoms with van der Waals surface area (Å²) in [6, 6.07) is 0. The summed E-state index contributed by atoms with van der Waals surface area (Å²) in [7, 11) is 0. The Balaban J connectivity index is 1.97. The van der Waals surface area contributed by atoms with Crippen molar-refractivity contribution in [1.29, 1.82) is 0 Å². The van der Waals surface area contributed by atoms with Gasteiger partial charge in [-0.25, -0.2) is 9.97 Å². The van der Waals surface area contributed by atoms with Gasteiger partial charge in [0.15, 0.2) is 0 Å². The molecule has 0 radical (unpaired) electrons. The summed E-state index contributed by atoms with van der Waals surface area (Å²) in [5.74, 6) is 1.68. The molecular formula is C12H16BrN3. The zero-order valence-electron chi connectivity index (χ0n) is 9.30. The summed E-state index contributed by atoms with van der Waals surface area (Å²) in [6.45, 7) is 1.95. The molecule has 1 aromatic heterocycles. The lowest BCUT2D eigenvalue weighted by Gasteiger charge is -2.19. The average molecular weight is 282 g/mol. The van der Waals surface area contributed by atoms with Crippen molar-refractivity contribution < 1.29 is 0 Å². The minimum absolute atomic E-state index is 0.608. The van der Waals surface area contributed by atoms with Crippen LogP contribution in [-0.2, 0) is 13.0 Å². The first-order valence-corrected chi connectivity index (χ1v) is 6.90. The van der Waals surface area contributed by atoms with E-state index in [1.807, 2.05) is 0 Å². The Morgan fingerprint density at radius 3 is 2.81 bits per heavy atom. The maximum Gasteiger partial charge on any atom is 0.133 e. The number of rotatable bonds is 1. The number of halogens is 1. The summed E-state index contributed by atoms with van der Waals surface area (Å²) in [4.78, 5) is 9.41. The predicted molar refractivity (Wildman–Crippen MR) is 66.4 cm³/mol. The SMILES string of the molecule is Brc1nc(C2CCCC2)nc2c1CNCC2. The summed E-state index contributed by atoms with van der Waals surface area (Å²) in [6.07, 6.45) is 6.25. The summed E-state index contributed by atoms with van der Waals surface area (Å²) in [5.41, 5.74) is 2.51. The highest BCUT2D eigenvalue weighted by Gasteiger charge is 2.23. The van der Waals surface area contributed by atoms with Crippen molar-refractivity contribution in [3.05, 3.63) is 21.7 Å². The largest absolute Gasteiger partial charge is 0.312 e. The summed E-state index contributed by atoms with van der Waals surface area (Å²) in [5, 5.41) is 3.36. The van der Waals surface area contributed by atoms with Gasteiger partial charge in [0.25, 0.3) is 0 Å². The maximum atomic E-state index is 4.78. The van der Waals surface area contributed by atoms with Crippen molar-refractivity contribution in [2.75, 3.05) is 6.54 Å². The molecule has 0 spiro atoms. The average Bonchev–Trinajstić information content (AvgIpc) is 2.82. The first-order valence-electron chi connectivity index (χ1n) is 6.10. The minimum Gasteiger partial charge on any atom is -0.312 e. The standard InChI is InChI=1S/C12H16BrN3/c13-11-9-7-14-6-5-10(9)15-12(16-11)8-3-1-2-4-8/h8,14H,1-7H2. The molecule has 0 unspecified atom stereocenters. The number of nitrogens with one attached hydrogen (secondary N) is 1. The van der Waals surface area contributed by atoms with Gasteiger partial charge in [0.1, 0.15) is 10.4 Å².